The van der Waals surface area contributed by atoms with Crippen LogP contribution in [0.25, 0.3) is 0 Å². The highest BCUT2D eigenvalue weighted by molar-refractivity contribution is 4.75. The molecule has 1 aliphatic rings. The largest absolute Gasteiger partial charge is 0.300 e. The second-order valence-electron chi connectivity index (χ2n) is 4.56. The zero-order valence-corrected chi connectivity index (χ0v) is 10.0. The number of likely N-dealkylation sites (tertiary alicyclic amines) is 1. The quantitative estimate of drug-likeness (QED) is 0.648. The maximum absolute atomic E-state index is 8.48. The number of hydrogen-bond acceptors (Lipinski definition) is 2. The second kappa shape index (κ2) is 7.70. The van der Waals surface area contributed by atoms with Crippen LogP contribution in [-0.4, -0.2) is 24.0 Å². The Hall–Kier alpha value is -0.550. The van der Waals surface area contributed by atoms with E-state index in [1.807, 2.05) is 0 Å². The lowest BCUT2D eigenvalue weighted by Gasteiger charge is -2.28. The average Bonchev–Trinajstić information content (AvgIpc) is 2.49. The van der Waals surface area contributed by atoms with Gasteiger partial charge in [-0.1, -0.05) is 19.8 Å². The normalized spacial score (nSPS) is 23.3. The third-order valence-electron chi connectivity index (χ3n) is 3.45. The van der Waals surface area contributed by atoms with Crippen molar-refractivity contribution in [3.63, 3.8) is 0 Å². The Bertz CT molecular complexity index is 195. The maximum Gasteiger partial charge on any atom is 0.0621 e. The van der Waals surface area contributed by atoms with Crippen molar-refractivity contribution in [2.45, 2.75) is 64.3 Å². The minimum atomic E-state index is 0.727. The zero-order chi connectivity index (χ0) is 10.9. The molecular weight excluding hydrogens is 184 g/mol. The Kier molecular flexibility index (Phi) is 6.43. The SMILES string of the molecule is CCC1CCCCCN1CCCCC#N. The molecule has 0 aromatic heterocycles. The average molecular weight is 208 g/mol. The zero-order valence-electron chi connectivity index (χ0n) is 10.0. The summed E-state index contributed by atoms with van der Waals surface area (Å²) in [7, 11) is 0. The molecule has 2 heteroatoms. The van der Waals surface area contributed by atoms with Crippen molar-refractivity contribution in [2.75, 3.05) is 13.1 Å². The van der Waals surface area contributed by atoms with Gasteiger partial charge in [-0.25, -0.2) is 0 Å². The monoisotopic (exact) mass is 208 g/mol. The van der Waals surface area contributed by atoms with E-state index in [0.717, 1.165) is 18.9 Å². The smallest absolute Gasteiger partial charge is 0.0621 e. The molecule has 1 aliphatic heterocycles. The minimum absolute atomic E-state index is 0.727. The number of unbranched alkanes of at least 4 members (excludes halogenated alkanes) is 2. The van der Waals surface area contributed by atoms with Crippen LogP contribution >= 0.6 is 0 Å². The lowest BCUT2D eigenvalue weighted by atomic mass is 10.1. The first-order valence-corrected chi connectivity index (χ1v) is 6.49. The molecule has 1 saturated heterocycles. The van der Waals surface area contributed by atoms with Gasteiger partial charge in [-0.15, -0.1) is 0 Å². The molecule has 0 saturated carbocycles. The van der Waals surface area contributed by atoms with E-state index in [0.29, 0.717) is 0 Å². The molecular formula is C13H24N2. The Morgan fingerprint density at radius 1 is 1.27 bits per heavy atom. The van der Waals surface area contributed by atoms with Crippen molar-refractivity contribution in [1.29, 1.82) is 5.26 Å². The summed E-state index contributed by atoms with van der Waals surface area (Å²) in [5.74, 6) is 0. The number of nitrogens with zero attached hydrogens (tertiary/aromatic N) is 2. The van der Waals surface area contributed by atoms with Crippen LogP contribution in [0.3, 0.4) is 0 Å². The standard InChI is InChI=1S/C13H24N2/c1-2-13-9-5-3-7-11-15(13)12-8-4-6-10-14/h13H,2-9,11-12H2,1H3. The summed E-state index contributed by atoms with van der Waals surface area (Å²) >= 11 is 0. The molecule has 0 spiro atoms. The summed E-state index contributed by atoms with van der Waals surface area (Å²) in [6.07, 6.45) is 9.86. The van der Waals surface area contributed by atoms with Crippen LogP contribution < -0.4 is 0 Å². The summed E-state index contributed by atoms with van der Waals surface area (Å²) in [5.41, 5.74) is 0. The Morgan fingerprint density at radius 3 is 2.87 bits per heavy atom. The van der Waals surface area contributed by atoms with Crippen molar-refractivity contribution in [3.8, 4) is 6.07 Å². The highest BCUT2D eigenvalue weighted by atomic mass is 15.1. The highest BCUT2D eigenvalue weighted by Gasteiger charge is 2.18. The molecule has 1 heterocycles. The molecule has 1 unspecified atom stereocenters. The van der Waals surface area contributed by atoms with Crippen LogP contribution in [0.4, 0.5) is 0 Å². The second-order valence-corrected chi connectivity index (χ2v) is 4.56. The van der Waals surface area contributed by atoms with E-state index in [1.165, 1.54) is 51.6 Å². The third-order valence-corrected chi connectivity index (χ3v) is 3.45. The summed E-state index contributed by atoms with van der Waals surface area (Å²) in [6.45, 7) is 4.80. The van der Waals surface area contributed by atoms with Crippen molar-refractivity contribution in [2.24, 2.45) is 0 Å². The van der Waals surface area contributed by atoms with Crippen molar-refractivity contribution in [3.05, 3.63) is 0 Å². The van der Waals surface area contributed by atoms with Gasteiger partial charge >= 0.3 is 0 Å². The van der Waals surface area contributed by atoms with Crippen LogP contribution in [0.15, 0.2) is 0 Å². The first-order valence-electron chi connectivity index (χ1n) is 6.49. The molecule has 1 fully saturated rings. The van der Waals surface area contributed by atoms with E-state index in [1.54, 1.807) is 0 Å². The predicted molar refractivity (Wildman–Crippen MR) is 63.6 cm³/mol. The van der Waals surface area contributed by atoms with Crippen molar-refractivity contribution >= 4 is 0 Å². The Morgan fingerprint density at radius 2 is 2.13 bits per heavy atom. The summed E-state index contributed by atoms with van der Waals surface area (Å²) in [6, 6.07) is 3.04. The molecule has 1 rings (SSSR count). The topological polar surface area (TPSA) is 27.0 Å². The molecule has 0 aliphatic carbocycles. The fourth-order valence-electron chi connectivity index (χ4n) is 2.51. The Balaban J connectivity index is 2.25. The molecule has 0 amide bonds. The van der Waals surface area contributed by atoms with Gasteiger partial charge in [-0.05, 0) is 45.2 Å². The maximum atomic E-state index is 8.48. The summed E-state index contributed by atoms with van der Waals surface area (Å²) < 4.78 is 0. The lowest BCUT2D eigenvalue weighted by molar-refractivity contribution is 0.191. The van der Waals surface area contributed by atoms with E-state index in [-0.39, 0.29) is 0 Å². The van der Waals surface area contributed by atoms with E-state index >= 15 is 0 Å². The van der Waals surface area contributed by atoms with Crippen LogP contribution in [0, 0.1) is 11.3 Å². The first-order chi connectivity index (χ1) is 7.38. The van der Waals surface area contributed by atoms with E-state index in [2.05, 4.69) is 17.9 Å². The molecule has 2 nitrogen and oxygen atoms in total. The molecule has 0 bridgehead atoms. The predicted octanol–water partition coefficient (Wildman–Crippen LogP) is 3.33. The molecule has 0 aromatic carbocycles. The first kappa shape index (κ1) is 12.5. The van der Waals surface area contributed by atoms with E-state index in [4.69, 9.17) is 5.26 Å². The summed E-state index contributed by atoms with van der Waals surface area (Å²) in [4.78, 5) is 2.66. The van der Waals surface area contributed by atoms with Gasteiger partial charge in [0.05, 0.1) is 6.07 Å². The Labute approximate surface area is 94.3 Å². The summed E-state index contributed by atoms with van der Waals surface area (Å²) in [5, 5.41) is 8.48. The number of nitriles is 1. The molecule has 0 aromatic rings. The molecule has 86 valence electrons. The highest BCUT2D eigenvalue weighted by Crippen LogP contribution is 2.19. The van der Waals surface area contributed by atoms with E-state index < -0.39 is 0 Å². The molecule has 15 heavy (non-hydrogen) atoms. The number of hydrogen-bond donors (Lipinski definition) is 0. The van der Waals surface area contributed by atoms with E-state index in [9.17, 15) is 0 Å². The van der Waals surface area contributed by atoms with Gasteiger partial charge in [0.2, 0.25) is 0 Å². The van der Waals surface area contributed by atoms with Crippen LogP contribution in [0.1, 0.15) is 58.3 Å². The van der Waals surface area contributed by atoms with Gasteiger partial charge in [0, 0.05) is 12.5 Å². The third kappa shape index (κ3) is 4.66. The van der Waals surface area contributed by atoms with Crippen molar-refractivity contribution < 1.29 is 0 Å². The van der Waals surface area contributed by atoms with Gasteiger partial charge in [0.15, 0.2) is 0 Å². The van der Waals surface area contributed by atoms with Crippen LogP contribution in [0.5, 0.6) is 0 Å². The molecule has 0 radical (unpaired) electrons. The van der Waals surface area contributed by atoms with Crippen molar-refractivity contribution in [1.82, 2.24) is 4.90 Å². The van der Waals surface area contributed by atoms with Gasteiger partial charge in [-0.3, -0.25) is 0 Å². The fourth-order valence-corrected chi connectivity index (χ4v) is 2.51. The fraction of sp³-hybridized carbons (Fsp3) is 0.923. The van der Waals surface area contributed by atoms with Crippen LogP contribution in [0.2, 0.25) is 0 Å². The molecule has 1 atom stereocenters. The molecule has 0 N–H and O–H groups in total. The van der Waals surface area contributed by atoms with Gasteiger partial charge < -0.3 is 4.90 Å². The number of rotatable bonds is 5. The minimum Gasteiger partial charge on any atom is -0.300 e. The lowest BCUT2D eigenvalue weighted by Crippen LogP contribution is -2.35. The van der Waals surface area contributed by atoms with Crippen LogP contribution in [-0.2, 0) is 0 Å². The van der Waals surface area contributed by atoms with Gasteiger partial charge in [0.1, 0.15) is 0 Å². The van der Waals surface area contributed by atoms with Gasteiger partial charge in [-0.2, -0.15) is 5.26 Å². The van der Waals surface area contributed by atoms with Gasteiger partial charge in [0.25, 0.3) is 0 Å².